The van der Waals surface area contributed by atoms with E-state index in [0.717, 1.165) is 17.4 Å². The summed E-state index contributed by atoms with van der Waals surface area (Å²) in [5.41, 5.74) is 2.43. The lowest BCUT2D eigenvalue weighted by Gasteiger charge is -2.34. The van der Waals surface area contributed by atoms with Gasteiger partial charge in [0.2, 0.25) is 0 Å². The van der Waals surface area contributed by atoms with Gasteiger partial charge in [-0.3, -0.25) is 4.98 Å². The van der Waals surface area contributed by atoms with Gasteiger partial charge in [0, 0.05) is 25.0 Å². The van der Waals surface area contributed by atoms with Gasteiger partial charge in [-0.25, -0.2) is 0 Å². The van der Waals surface area contributed by atoms with Crippen molar-refractivity contribution >= 4 is 17.3 Å². The lowest BCUT2D eigenvalue weighted by atomic mass is 9.97. The molecule has 0 spiro atoms. The Morgan fingerprint density at radius 3 is 2.31 bits per heavy atom. The molecule has 1 aliphatic carbocycles. The second kappa shape index (κ2) is 11.1. The topological polar surface area (TPSA) is 37.4 Å². The van der Waals surface area contributed by atoms with E-state index in [1.54, 1.807) is 7.11 Å². The molecule has 1 aromatic heterocycles. The zero-order chi connectivity index (χ0) is 20.5. The maximum atomic E-state index is 5.93. The second-order valence-corrected chi connectivity index (χ2v) is 8.31. The van der Waals surface area contributed by atoms with Crippen LogP contribution in [0.1, 0.15) is 69.0 Å². The average Bonchev–Trinajstić information content (AvgIpc) is 2.74. The number of hydrogen-bond donors (Lipinski definition) is 1. The summed E-state index contributed by atoms with van der Waals surface area (Å²) in [6, 6.07) is 13.0. The number of thiocarbonyl (C=S) groups is 1. The Hall–Kier alpha value is -2.14. The molecule has 1 N–H and O–H groups in total. The first kappa shape index (κ1) is 21.6. The molecule has 29 heavy (non-hydrogen) atoms. The predicted octanol–water partition coefficient (Wildman–Crippen LogP) is 5.64. The number of ether oxygens (including phenoxy) is 1. The second-order valence-electron chi connectivity index (χ2n) is 7.92. The highest BCUT2D eigenvalue weighted by Crippen LogP contribution is 2.25. The van der Waals surface area contributed by atoms with Crippen LogP contribution in [-0.4, -0.2) is 28.1 Å². The molecule has 0 amide bonds. The Kier molecular flexibility index (Phi) is 8.29. The SMILES string of the molecule is COc1ccc(C(C)N(Cc2ccncc2)C(=S)NC2CCCCCCC2)cc1. The number of methoxy groups -OCH3 is 1. The zero-order valence-corrected chi connectivity index (χ0v) is 18.5. The van der Waals surface area contributed by atoms with Crippen molar-refractivity contribution in [3.8, 4) is 5.75 Å². The van der Waals surface area contributed by atoms with Crippen LogP contribution in [0.3, 0.4) is 0 Å². The fourth-order valence-corrected chi connectivity index (χ4v) is 4.38. The van der Waals surface area contributed by atoms with Crippen molar-refractivity contribution in [2.24, 2.45) is 0 Å². The van der Waals surface area contributed by atoms with Crippen molar-refractivity contribution in [1.82, 2.24) is 15.2 Å². The van der Waals surface area contributed by atoms with E-state index in [-0.39, 0.29) is 6.04 Å². The molecule has 1 heterocycles. The smallest absolute Gasteiger partial charge is 0.169 e. The third-order valence-corrected chi connectivity index (χ3v) is 6.21. The van der Waals surface area contributed by atoms with E-state index in [2.05, 4.69) is 46.4 Å². The summed E-state index contributed by atoms with van der Waals surface area (Å²) in [5.74, 6) is 0.872. The largest absolute Gasteiger partial charge is 0.497 e. The molecule has 0 bridgehead atoms. The van der Waals surface area contributed by atoms with E-state index in [0.29, 0.717) is 6.04 Å². The van der Waals surface area contributed by atoms with E-state index in [9.17, 15) is 0 Å². The van der Waals surface area contributed by atoms with Gasteiger partial charge >= 0.3 is 0 Å². The molecule has 1 fully saturated rings. The van der Waals surface area contributed by atoms with Gasteiger partial charge in [0.25, 0.3) is 0 Å². The summed E-state index contributed by atoms with van der Waals surface area (Å²) >= 11 is 5.93. The van der Waals surface area contributed by atoms with Gasteiger partial charge in [0.1, 0.15) is 5.75 Å². The Morgan fingerprint density at radius 2 is 1.69 bits per heavy atom. The van der Waals surface area contributed by atoms with Gasteiger partial charge in [-0.05, 0) is 67.4 Å². The fourth-order valence-electron chi connectivity index (χ4n) is 3.99. The normalized spacial score (nSPS) is 16.3. The van der Waals surface area contributed by atoms with Crippen LogP contribution in [0, 0.1) is 0 Å². The molecule has 5 heteroatoms. The molecule has 156 valence electrons. The van der Waals surface area contributed by atoms with Crippen LogP contribution in [0.4, 0.5) is 0 Å². The molecule has 0 aliphatic heterocycles. The predicted molar refractivity (Wildman–Crippen MR) is 123 cm³/mol. The minimum Gasteiger partial charge on any atom is -0.497 e. The molecule has 0 saturated heterocycles. The fraction of sp³-hybridized carbons (Fsp3) is 0.500. The molecular formula is C24H33N3OS. The first-order valence-electron chi connectivity index (χ1n) is 10.8. The lowest BCUT2D eigenvalue weighted by Crippen LogP contribution is -2.45. The number of hydrogen-bond acceptors (Lipinski definition) is 3. The minimum absolute atomic E-state index is 0.155. The van der Waals surface area contributed by atoms with E-state index < -0.39 is 0 Å². The standard InChI is InChI=1S/C24H33N3OS/c1-19(21-10-12-23(28-2)13-11-21)27(18-20-14-16-25-17-15-20)24(29)26-22-8-6-4-3-5-7-9-22/h10-17,19,22H,3-9,18H2,1-2H3,(H,26,29). The highest BCUT2D eigenvalue weighted by Gasteiger charge is 2.22. The van der Waals surface area contributed by atoms with Crippen LogP contribution in [0.5, 0.6) is 5.75 Å². The maximum absolute atomic E-state index is 5.93. The molecule has 1 atom stereocenters. The zero-order valence-electron chi connectivity index (χ0n) is 17.6. The minimum atomic E-state index is 0.155. The van der Waals surface area contributed by atoms with Gasteiger partial charge < -0.3 is 15.0 Å². The van der Waals surface area contributed by atoms with Crippen molar-refractivity contribution in [3.05, 3.63) is 59.9 Å². The number of pyridine rings is 1. The summed E-state index contributed by atoms with van der Waals surface area (Å²) in [6.07, 6.45) is 12.7. The van der Waals surface area contributed by atoms with Crippen LogP contribution in [-0.2, 0) is 6.54 Å². The number of nitrogens with one attached hydrogen (secondary N) is 1. The molecule has 0 radical (unpaired) electrons. The molecule has 1 saturated carbocycles. The van der Waals surface area contributed by atoms with Crippen molar-refractivity contribution in [2.75, 3.05) is 7.11 Å². The summed E-state index contributed by atoms with van der Waals surface area (Å²) in [4.78, 5) is 6.45. The maximum Gasteiger partial charge on any atom is 0.169 e. The van der Waals surface area contributed by atoms with E-state index in [4.69, 9.17) is 17.0 Å². The molecule has 3 rings (SSSR count). The Bertz CT molecular complexity index is 742. The summed E-state index contributed by atoms with van der Waals surface area (Å²) in [5, 5.41) is 4.54. The van der Waals surface area contributed by atoms with Gasteiger partial charge in [-0.15, -0.1) is 0 Å². The average molecular weight is 412 g/mol. The van der Waals surface area contributed by atoms with Crippen LogP contribution in [0.2, 0.25) is 0 Å². The summed E-state index contributed by atoms with van der Waals surface area (Å²) in [7, 11) is 1.70. The van der Waals surface area contributed by atoms with Crippen LogP contribution >= 0.6 is 12.2 Å². The van der Waals surface area contributed by atoms with Gasteiger partial charge in [-0.1, -0.05) is 44.2 Å². The molecule has 2 aromatic rings. The highest BCUT2D eigenvalue weighted by molar-refractivity contribution is 7.80. The van der Waals surface area contributed by atoms with Gasteiger partial charge in [0.15, 0.2) is 5.11 Å². The number of aromatic nitrogens is 1. The van der Waals surface area contributed by atoms with Crippen molar-refractivity contribution < 1.29 is 4.74 Å². The summed E-state index contributed by atoms with van der Waals surface area (Å²) in [6.45, 7) is 2.98. The van der Waals surface area contributed by atoms with E-state index in [1.165, 1.54) is 56.1 Å². The molecular weight excluding hydrogens is 378 g/mol. The summed E-state index contributed by atoms with van der Waals surface area (Å²) < 4.78 is 5.32. The highest BCUT2D eigenvalue weighted by atomic mass is 32.1. The monoisotopic (exact) mass is 411 g/mol. The number of rotatable bonds is 6. The number of nitrogens with zero attached hydrogens (tertiary/aromatic N) is 2. The molecule has 4 nitrogen and oxygen atoms in total. The molecule has 1 unspecified atom stereocenters. The van der Waals surface area contributed by atoms with Crippen LogP contribution < -0.4 is 10.1 Å². The van der Waals surface area contributed by atoms with Gasteiger partial charge in [-0.2, -0.15) is 0 Å². The molecule has 1 aliphatic rings. The molecule has 1 aromatic carbocycles. The van der Waals surface area contributed by atoms with Crippen LogP contribution in [0.15, 0.2) is 48.8 Å². The third kappa shape index (κ3) is 6.43. The lowest BCUT2D eigenvalue weighted by molar-refractivity contribution is 0.313. The first-order valence-corrected chi connectivity index (χ1v) is 11.2. The van der Waals surface area contributed by atoms with Crippen molar-refractivity contribution in [2.45, 2.75) is 70.5 Å². The van der Waals surface area contributed by atoms with Crippen molar-refractivity contribution in [1.29, 1.82) is 0 Å². The Labute approximate surface area is 180 Å². The Morgan fingerprint density at radius 1 is 1.07 bits per heavy atom. The third-order valence-electron chi connectivity index (χ3n) is 5.86. The Balaban J connectivity index is 1.76. The number of benzene rings is 1. The van der Waals surface area contributed by atoms with Crippen LogP contribution in [0.25, 0.3) is 0 Å². The first-order chi connectivity index (χ1) is 14.2. The van der Waals surface area contributed by atoms with Gasteiger partial charge in [0.05, 0.1) is 13.2 Å². The van der Waals surface area contributed by atoms with Crippen molar-refractivity contribution in [3.63, 3.8) is 0 Å². The van der Waals surface area contributed by atoms with E-state index >= 15 is 0 Å². The quantitative estimate of drug-likeness (QED) is 0.623. The van der Waals surface area contributed by atoms with E-state index in [1.807, 2.05) is 24.5 Å².